The number of aliphatic hydroxyl groups excluding tert-OH is 1. The molecule has 0 bridgehead atoms. The van der Waals surface area contributed by atoms with Gasteiger partial charge in [-0.05, 0) is 31.5 Å². The van der Waals surface area contributed by atoms with Crippen LogP contribution in [0.5, 0.6) is 0 Å². The number of hydrogen-bond donors (Lipinski definition) is 2. The Kier molecular flexibility index (Phi) is 5.46. The van der Waals surface area contributed by atoms with Crippen molar-refractivity contribution in [1.82, 2.24) is 4.72 Å². The van der Waals surface area contributed by atoms with Gasteiger partial charge in [0.05, 0.1) is 17.6 Å². The molecule has 0 spiro atoms. The highest BCUT2D eigenvalue weighted by molar-refractivity contribution is 7.89. The maximum Gasteiger partial charge on any atom is 0.321 e. The molecule has 0 heterocycles. The van der Waals surface area contributed by atoms with Crippen molar-refractivity contribution in [2.45, 2.75) is 24.8 Å². The zero-order valence-electron chi connectivity index (χ0n) is 10.8. The van der Waals surface area contributed by atoms with Crippen LogP contribution in [0.3, 0.4) is 0 Å². The topological polar surface area (TPSA) is 92.7 Å². The van der Waals surface area contributed by atoms with Crippen molar-refractivity contribution in [2.75, 3.05) is 13.2 Å². The summed E-state index contributed by atoms with van der Waals surface area (Å²) in [6, 6.07) is 5.90. The molecule has 1 rings (SSSR count). The van der Waals surface area contributed by atoms with Crippen LogP contribution in [-0.4, -0.2) is 32.6 Å². The largest absolute Gasteiger partial charge is 0.465 e. The molecule has 1 aromatic rings. The van der Waals surface area contributed by atoms with E-state index < -0.39 is 28.6 Å². The van der Waals surface area contributed by atoms with Crippen LogP contribution in [0.4, 0.5) is 0 Å². The Morgan fingerprint density at radius 1 is 1.47 bits per heavy atom. The van der Waals surface area contributed by atoms with E-state index in [-0.39, 0.29) is 11.5 Å². The number of esters is 1. The number of benzene rings is 1. The van der Waals surface area contributed by atoms with Gasteiger partial charge < -0.3 is 9.84 Å². The van der Waals surface area contributed by atoms with Gasteiger partial charge in [-0.25, -0.2) is 8.42 Å². The Hall–Kier alpha value is -1.44. The minimum absolute atomic E-state index is 0.00445. The normalized spacial score (nSPS) is 13.0. The van der Waals surface area contributed by atoms with Crippen LogP contribution in [0, 0.1) is 0 Å². The third-order valence-corrected chi connectivity index (χ3v) is 3.76. The SMILES string of the molecule is CCOC(=O)CNS(=O)(=O)c1cccc(C(C)O)c1. The summed E-state index contributed by atoms with van der Waals surface area (Å²) in [6.07, 6.45) is -0.764. The van der Waals surface area contributed by atoms with Crippen LogP contribution < -0.4 is 4.72 Å². The Balaban J connectivity index is 2.83. The summed E-state index contributed by atoms with van der Waals surface area (Å²) in [5, 5.41) is 9.41. The number of nitrogens with one attached hydrogen (secondary N) is 1. The number of carbonyl (C=O) groups is 1. The predicted octanol–water partition coefficient (Wildman–Crippen LogP) is 0.581. The van der Waals surface area contributed by atoms with Gasteiger partial charge in [0.1, 0.15) is 6.54 Å². The second-order valence-corrected chi connectivity index (χ2v) is 5.64. The molecular weight excluding hydrogens is 270 g/mol. The molecule has 0 radical (unpaired) electrons. The molecule has 6 nitrogen and oxygen atoms in total. The van der Waals surface area contributed by atoms with Gasteiger partial charge in [-0.15, -0.1) is 0 Å². The van der Waals surface area contributed by atoms with Gasteiger partial charge in [-0.2, -0.15) is 4.72 Å². The van der Waals surface area contributed by atoms with E-state index in [1.54, 1.807) is 13.0 Å². The summed E-state index contributed by atoms with van der Waals surface area (Å²) in [4.78, 5) is 11.1. The number of aliphatic hydroxyl groups is 1. The quantitative estimate of drug-likeness (QED) is 0.747. The number of rotatable bonds is 6. The second-order valence-electron chi connectivity index (χ2n) is 3.88. The van der Waals surface area contributed by atoms with Crippen molar-refractivity contribution in [3.05, 3.63) is 29.8 Å². The molecule has 1 aromatic carbocycles. The number of ether oxygens (including phenoxy) is 1. The number of hydrogen-bond acceptors (Lipinski definition) is 5. The molecule has 0 aliphatic carbocycles. The van der Waals surface area contributed by atoms with Crippen molar-refractivity contribution >= 4 is 16.0 Å². The zero-order valence-corrected chi connectivity index (χ0v) is 11.6. The van der Waals surface area contributed by atoms with Crippen LogP contribution in [-0.2, 0) is 19.6 Å². The second kappa shape index (κ2) is 6.65. The van der Waals surface area contributed by atoms with E-state index >= 15 is 0 Å². The third-order valence-electron chi connectivity index (χ3n) is 2.36. The maximum absolute atomic E-state index is 11.9. The lowest BCUT2D eigenvalue weighted by atomic mass is 10.1. The Morgan fingerprint density at radius 2 is 2.16 bits per heavy atom. The lowest BCUT2D eigenvalue weighted by Crippen LogP contribution is -2.30. The first kappa shape index (κ1) is 15.6. The molecule has 0 aromatic heterocycles. The highest BCUT2D eigenvalue weighted by Gasteiger charge is 2.16. The van der Waals surface area contributed by atoms with Crippen LogP contribution in [0.2, 0.25) is 0 Å². The molecule has 0 aliphatic rings. The lowest BCUT2D eigenvalue weighted by molar-refractivity contribution is -0.141. The molecule has 0 fully saturated rings. The Morgan fingerprint density at radius 3 is 2.74 bits per heavy atom. The fourth-order valence-electron chi connectivity index (χ4n) is 1.39. The summed E-state index contributed by atoms with van der Waals surface area (Å²) in [5.74, 6) is -0.641. The van der Waals surface area contributed by atoms with Gasteiger partial charge >= 0.3 is 5.97 Å². The molecule has 106 valence electrons. The lowest BCUT2D eigenvalue weighted by Gasteiger charge is -2.09. The van der Waals surface area contributed by atoms with Gasteiger partial charge in [-0.1, -0.05) is 12.1 Å². The first-order chi connectivity index (χ1) is 8.86. The Bertz CT molecular complexity index is 539. The van der Waals surface area contributed by atoms with E-state index in [0.29, 0.717) is 5.56 Å². The van der Waals surface area contributed by atoms with Crippen LogP contribution >= 0.6 is 0 Å². The zero-order chi connectivity index (χ0) is 14.5. The summed E-state index contributed by atoms with van der Waals surface area (Å²) in [6.45, 7) is 2.95. The highest BCUT2D eigenvalue weighted by Crippen LogP contribution is 2.16. The summed E-state index contributed by atoms with van der Waals surface area (Å²) < 4.78 is 30.6. The van der Waals surface area contributed by atoms with Crippen molar-refractivity contribution in [3.63, 3.8) is 0 Å². The number of sulfonamides is 1. The Labute approximate surface area is 112 Å². The van der Waals surface area contributed by atoms with Gasteiger partial charge in [0.15, 0.2) is 0 Å². The maximum atomic E-state index is 11.9. The average Bonchev–Trinajstić information content (AvgIpc) is 2.37. The molecule has 2 N–H and O–H groups in total. The van der Waals surface area contributed by atoms with Crippen LogP contribution in [0.25, 0.3) is 0 Å². The van der Waals surface area contributed by atoms with Gasteiger partial charge in [0.2, 0.25) is 10.0 Å². The monoisotopic (exact) mass is 287 g/mol. The molecular formula is C12H17NO5S. The van der Waals surface area contributed by atoms with E-state index in [2.05, 4.69) is 9.46 Å². The van der Waals surface area contributed by atoms with Crippen molar-refractivity contribution in [3.8, 4) is 0 Å². The van der Waals surface area contributed by atoms with Gasteiger partial charge in [0.25, 0.3) is 0 Å². The van der Waals surface area contributed by atoms with Crippen LogP contribution in [0.15, 0.2) is 29.2 Å². The minimum atomic E-state index is -3.79. The molecule has 0 saturated carbocycles. The van der Waals surface area contributed by atoms with E-state index in [1.807, 2.05) is 0 Å². The minimum Gasteiger partial charge on any atom is -0.465 e. The van der Waals surface area contributed by atoms with Gasteiger partial charge in [-0.3, -0.25) is 4.79 Å². The van der Waals surface area contributed by atoms with E-state index in [0.717, 1.165) is 0 Å². The standard InChI is InChI=1S/C12H17NO5S/c1-3-18-12(15)8-13-19(16,17)11-6-4-5-10(7-11)9(2)14/h4-7,9,13-14H,3,8H2,1-2H3. The fraction of sp³-hybridized carbons (Fsp3) is 0.417. The van der Waals surface area contributed by atoms with E-state index in [1.165, 1.54) is 25.1 Å². The highest BCUT2D eigenvalue weighted by atomic mass is 32.2. The first-order valence-corrected chi connectivity index (χ1v) is 7.28. The van der Waals surface area contributed by atoms with Gasteiger partial charge in [0, 0.05) is 0 Å². The molecule has 7 heteroatoms. The van der Waals surface area contributed by atoms with Crippen molar-refractivity contribution in [1.29, 1.82) is 0 Å². The average molecular weight is 287 g/mol. The smallest absolute Gasteiger partial charge is 0.321 e. The molecule has 19 heavy (non-hydrogen) atoms. The molecule has 1 unspecified atom stereocenters. The van der Waals surface area contributed by atoms with Crippen molar-refractivity contribution in [2.24, 2.45) is 0 Å². The van der Waals surface area contributed by atoms with E-state index in [9.17, 15) is 18.3 Å². The summed E-state index contributed by atoms with van der Waals surface area (Å²) >= 11 is 0. The molecule has 0 amide bonds. The summed E-state index contributed by atoms with van der Waals surface area (Å²) in [7, 11) is -3.79. The molecule has 0 aliphatic heterocycles. The predicted molar refractivity (Wildman–Crippen MR) is 68.9 cm³/mol. The fourth-order valence-corrected chi connectivity index (χ4v) is 2.41. The number of carbonyl (C=O) groups excluding carboxylic acids is 1. The first-order valence-electron chi connectivity index (χ1n) is 5.80. The molecule has 1 atom stereocenters. The van der Waals surface area contributed by atoms with Crippen molar-refractivity contribution < 1.29 is 23.1 Å². The molecule has 0 saturated heterocycles. The van der Waals surface area contributed by atoms with E-state index in [4.69, 9.17) is 0 Å². The summed E-state index contributed by atoms with van der Waals surface area (Å²) in [5.41, 5.74) is 0.485. The third kappa shape index (κ3) is 4.62. The van der Waals surface area contributed by atoms with Crippen LogP contribution in [0.1, 0.15) is 25.5 Å².